The Morgan fingerprint density at radius 2 is 1.05 bits per heavy atom. The fourth-order valence-electron chi connectivity index (χ4n) is 3.92. The van der Waals surface area contributed by atoms with Crippen molar-refractivity contribution in [2.45, 2.75) is 101 Å². The van der Waals surface area contributed by atoms with Crippen LogP contribution in [0.4, 0.5) is 0 Å². The van der Waals surface area contributed by atoms with E-state index in [1.54, 1.807) is 0 Å². The molecule has 3 heteroatoms. The maximum Gasteiger partial charge on any atom is 0.105 e. The summed E-state index contributed by atoms with van der Waals surface area (Å²) in [6, 6.07) is 0. The Morgan fingerprint density at radius 1 is 0.600 bits per heavy atom. The molecule has 1 heterocycles. The van der Waals surface area contributed by atoms with Crippen LogP contribution in [0.5, 0.6) is 0 Å². The van der Waals surface area contributed by atoms with Crippen molar-refractivity contribution in [2.24, 2.45) is 0 Å². The van der Waals surface area contributed by atoms with Crippen LogP contribution in [0.1, 0.15) is 89.9 Å². The van der Waals surface area contributed by atoms with Crippen molar-refractivity contribution >= 4 is 10.3 Å². The van der Waals surface area contributed by atoms with E-state index >= 15 is 0 Å². The molecular formula is C17H34O2S. The van der Waals surface area contributed by atoms with Gasteiger partial charge in [-0.15, -0.1) is 10.3 Å². The van der Waals surface area contributed by atoms with E-state index in [4.69, 9.17) is 0 Å². The maximum atomic E-state index is 11.3. The molecule has 1 saturated carbocycles. The lowest BCUT2D eigenvalue weighted by molar-refractivity contribution is 0.231. The molecule has 120 valence electrons. The number of aliphatic hydroxyl groups is 1. The topological polar surface area (TPSA) is 40.5 Å². The zero-order chi connectivity index (χ0) is 14.3. The summed E-state index contributed by atoms with van der Waals surface area (Å²) >= 11 is 0. The first-order valence-electron chi connectivity index (χ1n) is 8.93. The second-order valence-corrected chi connectivity index (χ2v) is 10.1. The monoisotopic (exact) mass is 302 g/mol. The van der Waals surface area contributed by atoms with E-state index in [1.165, 1.54) is 57.8 Å². The van der Waals surface area contributed by atoms with Crippen LogP contribution in [0.15, 0.2) is 0 Å². The van der Waals surface area contributed by atoms with E-state index in [9.17, 15) is 9.66 Å². The van der Waals surface area contributed by atoms with Crippen LogP contribution >= 0.6 is 10.3 Å². The summed E-state index contributed by atoms with van der Waals surface area (Å²) in [7, 11) is -1.80. The first-order chi connectivity index (χ1) is 9.73. The Kier molecular flexibility index (Phi) is 7.20. The third-order valence-corrected chi connectivity index (χ3v) is 9.02. The van der Waals surface area contributed by atoms with Gasteiger partial charge in [-0.1, -0.05) is 57.8 Å². The van der Waals surface area contributed by atoms with Crippen LogP contribution in [-0.2, 0) is 0 Å². The molecule has 2 aliphatic rings. The predicted octanol–water partition coefficient (Wildman–Crippen LogP) is 5.44. The van der Waals surface area contributed by atoms with Crippen molar-refractivity contribution in [1.82, 2.24) is 0 Å². The van der Waals surface area contributed by atoms with E-state index in [2.05, 4.69) is 0 Å². The minimum atomic E-state index is -1.80. The fraction of sp³-hybridized carbons (Fsp3) is 1.00. The third-order valence-electron chi connectivity index (χ3n) is 5.27. The molecule has 2 nitrogen and oxygen atoms in total. The largest absolute Gasteiger partial charge is 0.382 e. The molecule has 0 aromatic rings. The molecule has 1 saturated heterocycles. The molecule has 0 aromatic carbocycles. The normalized spacial score (nSPS) is 39.2. The van der Waals surface area contributed by atoms with E-state index in [-0.39, 0.29) is 0 Å². The van der Waals surface area contributed by atoms with Crippen LogP contribution < -0.4 is 0 Å². The molecule has 0 radical (unpaired) electrons. The van der Waals surface area contributed by atoms with E-state index in [0.717, 1.165) is 37.9 Å². The molecule has 0 spiro atoms. The van der Waals surface area contributed by atoms with Gasteiger partial charge < -0.3 is 9.66 Å². The summed E-state index contributed by atoms with van der Waals surface area (Å²) in [5, 5.41) is 11.0. The van der Waals surface area contributed by atoms with Crippen LogP contribution in [0.3, 0.4) is 0 Å². The molecule has 2 unspecified atom stereocenters. The van der Waals surface area contributed by atoms with Gasteiger partial charge >= 0.3 is 0 Å². The minimum Gasteiger partial charge on any atom is -0.382 e. The standard InChI is InChI=1S/C17H34O2S/c18-17-14-10-6-3-7-11-15-20(17,19)16-12-8-4-1-2-5-9-13-16/h16-19H,1-15H2. The van der Waals surface area contributed by atoms with Gasteiger partial charge in [0, 0.05) is 11.0 Å². The van der Waals surface area contributed by atoms with Crippen LogP contribution in [0.2, 0.25) is 0 Å². The average molecular weight is 303 g/mol. The zero-order valence-corrected chi connectivity index (χ0v) is 13.9. The highest BCUT2D eigenvalue weighted by Gasteiger charge is 2.37. The van der Waals surface area contributed by atoms with Gasteiger partial charge in [0.1, 0.15) is 5.44 Å². The Morgan fingerprint density at radius 3 is 1.65 bits per heavy atom. The second kappa shape index (κ2) is 8.65. The maximum absolute atomic E-state index is 11.3. The van der Waals surface area contributed by atoms with Crippen molar-refractivity contribution < 1.29 is 9.66 Å². The van der Waals surface area contributed by atoms with Gasteiger partial charge in [-0.25, -0.2) is 0 Å². The van der Waals surface area contributed by atoms with Gasteiger partial charge in [0.15, 0.2) is 0 Å². The fourth-order valence-corrected chi connectivity index (χ4v) is 7.36. The molecule has 2 fully saturated rings. The van der Waals surface area contributed by atoms with Crippen molar-refractivity contribution in [3.63, 3.8) is 0 Å². The van der Waals surface area contributed by atoms with Crippen LogP contribution in [0, 0.1) is 0 Å². The van der Waals surface area contributed by atoms with Gasteiger partial charge in [-0.2, -0.15) is 0 Å². The van der Waals surface area contributed by atoms with E-state index < -0.39 is 15.7 Å². The number of hydrogen-bond acceptors (Lipinski definition) is 2. The minimum absolute atomic E-state index is 0.411. The first kappa shape index (κ1) is 16.6. The smallest absolute Gasteiger partial charge is 0.105 e. The van der Waals surface area contributed by atoms with Gasteiger partial charge in [0.25, 0.3) is 0 Å². The molecule has 2 atom stereocenters. The summed E-state index contributed by atoms with van der Waals surface area (Å²) < 4.78 is 11.3. The lowest BCUT2D eigenvalue weighted by Crippen LogP contribution is -2.31. The second-order valence-electron chi connectivity index (χ2n) is 6.85. The van der Waals surface area contributed by atoms with Crippen molar-refractivity contribution in [1.29, 1.82) is 0 Å². The van der Waals surface area contributed by atoms with Gasteiger partial charge in [0.05, 0.1) is 0 Å². The Labute approximate surface area is 126 Å². The Balaban J connectivity index is 2.04. The van der Waals surface area contributed by atoms with Gasteiger partial charge in [-0.05, 0) is 32.1 Å². The van der Waals surface area contributed by atoms with Gasteiger partial charge in [-0.3, -0.25) is 0 Å². The van der Waals surface area contributed by atoms with Crippen LogP contribution in [-0.4, -0.2) is 26.1 Å². The molecular weight excluding hydrogens is 268 g/mol. The summed E-state index contributed by atoms with van der Waals surface area (Å²) in [5.74, 6) is 0.902. The SMILES string of the molecule is OC1CCCCCCCS1(O)C1CCCCCCCC1. The summed E-state index contributed by atoms with van der Waals surface area (Å²) in [4.78, 5) is 0. The number of hydrogen-bond donors (Lipinski definition) is 2. The third kappa shape index (κ3) is 4.64. The molecule has 20 heavy (non-hydrogen) atoms. The Bertz CT molecular complexity index is 262. The van der Waals surface area contributed by atoms with Crippen LogP contribution in [0.25, 0.3) is 0 Å². The molecule has 0 bridgehead atoms. The van der Waals surface area contributed by atoms with E-state index in [0.29, 0.717) is 5.25 Å². The summed E-state index contributed by atoms with van der Waals surface area (Å²) in [6.45, 7) is 0. The summed E-state index contributed by atoms with van der Waals surface area (Å²) in [5.41, 5.74) is -0.411. The lowest BCUT2D eigenvalue weighted by atomic mass is 10.1. The predicted molar refractivity (Wildman–Crippen MR) is 89.5 cm³/mol. The van der Waals surface area contributed by atoms with E-state index in [1.807, 2.05) is 0 Å². The van der Waals surface area contributed by atoms with Gasteiger partial charge in [0.2, 0.25) is 0 Å². The molecule has 1 aliphatic heterocycles. The van der Waals surface area contributed by atoms with Crippen molar-refractivity contribution in [3.8, 4) is 0 Å². The highest BCUT2D eigenvalue weighted by atomic mass is 32.3. The number of aliphatic hydroxyl groups excluding tert-OH is 1. The molecule has 1 aliphatic carbocycles. The molecule has 0 aromatic heterocycles. The Hall–Kier alpha value is 0.270. The lowest BCUT2D eigenvalue weighted by Gasteiger charge is -2.45. The summed E-state index contributed by atoms with van der Waals surface area (Å²) in [6.07, 6.45) is 17.0. The first-order valence-corrected chi connectivity index (χ1v) is 10.8. The van der Waals surface area contributed by atoms with Crippen molar-refractivity contribution in [3.05, 3.63) is 0 Å². The zero-order valence-electron chi connectivity index (χ0n) is 13.1. The highest BCUT2D eigenvalue weighted by molar-refractivity contribution is 8.29. The van der Waals surface area contributed by atoms with Crippen molar-refractivity contribution in [2.75, 3.05) is 5.75 Å². The average Bonchev–Trinajstić information content (AvgIpc) is 2.63. The molecule has 2 rings (SSSR count). The quantitative estimate of drug-likeness (QED) is 0.677. The highest BCUT2D eigenvalue weighted by Crippen LogP contribution is 2.57. The number of rotatable bonds is 1. The molecule has 0 amide bonds. The molecule has 2 N–H and O–H groups in total.